The first kappa shape index (κ1) is 11.4. The highest BCUT2D eigenvalue weighted by Crippen LogP contribution is 2.29. The Balaban J connectivity index is 1.93. The molecule has 0 bridgehead atoms. The van der Waals surface area contributed by atoms with Crippen LogP contribution in [-0.2, 0) is 7.05 Å². The first-order valence-electron chi connectivity index (χ1n) is 6.81. The van der Waals surface area contributed by atoms with Gasteiger partial charge in [-0.1, -0.05) is 36.4 Å². The molecule has 0 radical (unpaired) electrons. The average Bonchev–Trinajstić information content (AvgIpc) is 2.98. The molecule has 0 spiro atoms. The second-order valence-electron chi connectivity index (χ2n) is 5.23. The van der Waals surface area contributed by atoms with Crippen LogP contribution in [0.15, 0.2) is 64.7 Å². The number of aliphatic imine (C=N–C) groups is 1. The molecule has 2 aromatic rings. The molecule has 1 atom stereocenters. The van der Waals surface area contributed by atoms with Gasteiger partial charge in [-0.2, -0.15) is 0 Å². The minimum absolute atomic E-state index is 0.162. The van der Waals surface area contributed by atoms with E-state index in [0.29, 0.717) is 0 Å². The van der Waals surface area contributed by atoms with Gasteiger partial charge in [0, 0.05) is 7.05 Å². The maximum Gasteiger partial charge on any atom is 0.159 e. The molecule has 0 saturated carbocycles. The Morgan fingerprint density at radius 2 is 2.00 bits per heavy atom. The highest BCUT2D eigenvalue weighted by Gasteiger charge is 2.26. The maximum atomic E-state index is 4.84. The summed E-state index contributed by atoms with van der Waals surface area (Å²) in [5.41, 5.74) is 5.69. The van der Waals surface area contributed by atoms with E-state index in [2.05, 4.69) is 48.9 Å². The number of fused-ring (bicyclic) bond motifs is 2. The normalized spacial score (nSPS) is 20.7. The lowest BCUT2D eigenvalue weighted by atomic mass is 9.99. The van der Waals surface area contributed by atoms with Crippen molar-refractivity contribution in [1.82, 2.24) is 9.55 Å². The molecule has 2 heterocycles. The number of rotatable bonds is 1. The lowest BCUT2D eigenvalue weighted by Crippen LogP contribution is -2.08. The van der Waals surface area contributed by atoms with Gasteiger partial charge in [-0.15, -0.1) is 0 Å². The van der Waals surface area contributed by atoms with Crippen LogP contribution >= 0.6 is 0 Å². The van der Waals surface area contributed by atoms with Gasteiger partial charge >= 0.3 is 0 Å². The minimum Gasteiger partial charge on any atom is -0.326 e. The lowest BCUT2D eigenvalue weighted by Gasteiger charge is -2.06. The van der Waals surface area contributed by atoms with Gasteiger partial charge in [0.2, 0.25) is 0 Å². The Labute approximate surface area is 117 Å². The zero-order chi connectivity index (χ0) is 13.7. The van der Waals surface area contributed by atoms with Gasteiger partial charge in [0.05, 0.1) is 17.1 Å². The molecule has 1 aliphatic heterocycles. The molecule has 2 aliphatic rings. The number of aryl methyl sites for hydroxylation is 1. The summed E-state index contributed by atoms with van der Waals surface area (Å²) in [6.45, 7) is 2.14. The third kappa shape index (κ3) is 1.46. The Kier molecular flexibility index (Phi) is 2.30. The van der Waals surface area contributed by atoms with Crippen LogP contribution in [0, 0.1) is 0 Å². The van der Waals surface area contributed by atoms with Crippen molar-refractivity contribution in [3.05, 3.63) is 65.5 Å². The molecule has 1 aromatic carbocycles. The number of aromatic nitrogens is 2. The predicted octanol–water partition coefficient (Wildman–Crippen LogP) is 3.19. The predicted molar refractivity (Wildman–Crippen MR) is 82.0 cm³/mol. The number of para-hydroxylation sites is 2. The fourth-order valence-corrected chi connectivity index (χ4v) is 2.95. The minimum atomic E-state index is 0.162. The zero-order valence-electron chi connectivity index (χ0n) is 11.5. The number of benzene rings is 1. The molecule has 4 rings (SSSR count). The van der Waals surface area contributed by atoms with Gasteiger partial charge in [0.15, 0.2) is 5.82 Å². The fraction of sp³-hybridized carbons (Fsp3) is 0.176. The van der Waals surface area contributed by atoms with Crippen LogP contribution in [0.4, 0.5) is 0 Å². The second-order valence-corrected chi connectivity index (χ2v) is 5.23. The Morgan fingerprint density at radius 1 is 1.15 bits per heavy atom. The molecular weight excluding hydrogens is 246 g/mol. The topological polar surface area (TPSA) is 30.2 Å². The molecule has 0 N–H and O–H groups in total. The van der Waals surface area contributed by atoms with Gasteiger partial charge in [-0.25, -0.2) is 4.98 Å². The number of allylic oxidation sites excluding steroid dienone is 3. The van der Waals surface area contributed by atoms with Crippen molar-refractivity contribution in [1.29, 1.82) is 0 Å². The molecule has 0 amide bonds. The molecule has 3 heteroatoms. The third-order valence-corrected chi connectivity index (χ3v) is 4.05. The molecule has 1 aliphatic carbocycles. The third-order valence-electron chi connectivity index (χ3n) is 4.05. The van der Waals surface area contributed by atoms with Crippen LogP contribution in [-0.4, -0.2) is 21.3 Å². The van der Waals surface area contributed by atoms with Crippen molar-refractivity contribution < 1.29 is 0 Å². The first-order chi connectivity index (χ1) is 9.75. The summed E-state index contributed by atoms with van der Waals surface area (Å²) in [6.07, 6.45) is 8.42. The molecule has 0 saturated heterocycles. The highest BCUT2D eigenvalue weighted by atomic mass is 15.1. The maximum absolute atomic E-state index is 4.84. The van der Waals surface area contributed by atoms with E-state index in [9.17, 15) is 0 Å². The monoisotopic (exact) mass is 261 g/mol. The summed E-state index contributed by atoms with van der Waals surface area (Å²) in [5, 5.41) is 0. The number of nitrogens with zero attached hydrogens (tertiary/aromatic N) is 3. The van der Waals surface area contributed by atoms with Crippen molar-refractivity contribution in [2.75, 3.05) is 0 Å². The molecule has 1 aromatic heterocycles. The summed E-state index contributed by atoms with van der Waals surface area (Å²) in [5.74, 6) is 0.951. The smallest absolute Gasteiger partial charge is 0.159 e. The number of imidazole rings is 1. The van der Waals surface area contributed by atoms with Crippen molar-refractivity contribution in [3.8, 4) is 0 Å². The molecule has 98 valence electrons. The molecule has 1 unspecified atom stereocenters. The van der Waals surface area contributed by atoms with Gasteiger partial charge in [-0.05, 0) is 30.2 Å². The number of hydrogen-bond acceptors (Lipinski definition) is 2. The molecule has 20 heavy (non-hydrogen) atoms. The van der Waals surface area contributed by atoms with Crippen LogP contribution in [0.5, 0.6) is 0 Å². The van der Waals surface area contributed by atoms with E-state index in [1.807, 2.05) is 18.2 Å². The number of hydrogen-bond donors (Lipinski definition) is 0. The summed E-state index contributed by atoms with van der Waals surface area (Å²) < 4.78 is 2.13. The largest absolute Gasteiger partial charge is 0.326 e. The van der Waals surface area contributed by atoms with E-state index in [1.54, 1.807) is 0 Å². The zero-order valence-corrected chi connectivity index (χ0v) is 11.5. The SMILES string of the molecule is CC1=C2C=CC=CC2N=C1c1nc2ccccc2n1C. The van der Waals surface area contributed by atoms with Gasteiger partial charge < -0.3 is 4.57 Å². The average molecular weight is 261 g/mol. The summed E-state index contributed by atoms with van der Waals surface area (Å²) in [6, 6.07) is 8.36. The summed E-state index contributed by atoms with van der Waals surface area (Å²) >= 11 is 0. The van der Waals surface area contributed by atoms with Crippen LogP contribution < -0.4 is 0 Å². The van der Waals surface area contributed by atoms with E-state index in [1.165, 1.54) is 11.1 Å². The Hall–Kier alpha value is -2.42. The van der Waals surface area contributed by atoms with Gasteiger partial charge in [0.25, 0.3) is 0 Å². The molecule has 0 fully saturated rings. The standard InChI is InChI=1S/C17H15N3/c1-11-12-7-3-4-8-13(12)18-16(11)17-19-14-9-5-6-10-15(14)20(17)2/h3-10,13H,1-2H3. The lowest BCUT2D eigenvalue weighted by molar-refractivity contribution is 0.924. The van der Waals surface area contributed by atoms with Crippen molar-refractivity contribution in [3.63, 3.8) is 0 Å². The van der Waals surface area contributed by atoms with Crippen molar-refractivity contribution in [2.24, 2.45) is 12.0 Å². The fourth-order valence-electron chi connectivity index (χ4n) is 2.95. The molecule has 3 nitrogen and oxygen atoms in total. The van der Waals surface area contributed by atoms with E-state index in [4.69, 9.17) is 9.98 Å². The highest BCUT2D eigenvalue weighted by molar-refractivity contribution is 6.14. The molecular formula is C17H15N3. The van der Waals surface area contributed by atoms with Gasteiger partial charge in [0.1, 0.15) is 5.71 Å². The van der Waals surface area contributed by atoms with Crippen LogP contribution in [0.3, 0.4) is 0 Å². The van der Waals surface area contributed by atoms with Crippen LogP contribution in [0.1, 0.15) is 12.7 Å². The van der Waals surface area contributed by atoms with E-state index in [-0.39, 0.29) is 6.04 Å². The van der Waals surface area contributed by atoms with E-state index < -0.39 is 0 Å². The summed E-state index contributed by atoms with van der Waals surface area (Å²) in [4.78, 5) is 9.59. The van der Waals surface area contributed by atoms with E-state index >= 15 is 0 Å². The Bertz CT molecular complexity index is 831. The quantitative estimate of drug-likeness (QED) is 0.775. The summed E-state index contributed by atoms with van der Waals surface area (Å²) in [7, 11) is 2.05. The van der Waals surface area contributed by atoms with Crippen LogP contribution in [0.2, 0.25) is 0 Å². The second kappa shape index (κ2) is 4.04. The Morgan fingerprint density at radius 3 is 2.80 bits per heavy atom. The van der Waals surface area contributed by atoms with Crippen LogP contribution in [0.25, 0.3) is 11.0 Å². The van der Waals surface area contributed by atoms with Crippen molar-refractivity contribution in [2.45, 2.75) is 13.0 Å². The van der Waals surface area contributed by atoms with Gasteiger partial charge in [-0.3, -0.25) is 4.99 Å². The van der Waals surface area contributed by atoms with E-state index in [0.717, 1.165) is 22.6 Å². The van der Waals surface area contributed by atoms with Crippen molar-refractivity contribution >= 4 is 16.7 Å². The first-order valence-corrected chi connectivity index (χ1v) is 6.81.